The molecule has 1 fully saturated rings. The molecule has 3 rings (SSSR count). The van der Waals surface area contributed by atoms with Crippen molar-refractivity contribution in [3.63, 3.8) is 0 Å². The Hall–Kier alpha value is -1.61. The number of rotatable bonds is 5. The standard InChI is InChI=1S/C17H15BrO2/c18-16-8-14(10-19)15(13-6-7-13)9-17(16)20-11-12-4-2-1-3-5-12/h1-5,8-10,13H,6-7,11H2. The van der Waals surface area contributed by atoms with Crippen LogP contribution in [0.15, 0.2) is 46.9 Å². The van der Waals surface area contributed by atoms with Crippen LogP contribution < -0.4 is 4.74 Å². The van der Waals surface area contributed by atoms with Crippen molar-refractivity contribution in [3.05, 3.63) is 63.6 Å². The Balaban J connectivity index is 1.82. The van der Waals surface area contributed by atoms with E-state index < -0.39 is 0 Å². The second-order valence-corrected chi connectivity index (χ2v) is 5.93. The number of hydrogen-bond donors (Lipinski definition) is 0. The molecule has 0 N–H and O–H groups in total. The van der Waals surface area contributed by atoms with Crippen molar-refractivity contribution in [2.45, 2.75) is 25.4 Å². The van der Waals surface area contributed by atoms with Gasteiger partial charge in [-0.15, -0.1) is 0 Å². The third kappa shape index (κ3) is 2.93. The lowest BCUT2D eigenvalue weighted by Gasteiger charge is -2.12. The molecule has 0 unspecified atom stereocenters. The summed E-state index contributed by atoms with van der Waals surface area (Å²) in [5, 5.41) is 0. The van der Waals surface area contributed by atoms with E-state index >= 15 is 0 Å². The first-order chi connectivity index (χ1) is 9.78. The average molecular weight is 331 g/mol. The van der Waals surface area contributed by atoms with Crippen LogP contribution in [0.3, 0.4) is 0 Å². The summed E-state index contributed by atoms with van der Waals surface area (Å²) >= 11 is 3.48. The van der Waals surface area contributed by atoms with Crippen molar-refractivity contribution in [1.29, 1.82) is 0 Å². The van der Waals surface area contributed by atoms with Crippen molar-refractivity contribution in [3.8, 4) is 5.75 Å². The molecule has 2 aromatic carbocycles. The highest BCUT2D eigenvalue weighted by Gasteiger charge is 2.27. The molecule has 0 aromatic heterocycles. The fraction of sp³-hybridized carbons (Fsp3) is 0.235. The monoisotopic (exact) mass is 330 g/mol. The summed E-state index contributed by atoms with van der Waals surface area (Å²) < 4.78 is 6.71. The molecule has 0 amide bonds. The zero-order valence-electron chi connectivity index (χ0n) is 11.0. The Labute approximate surface area is 126 Å². The minimum atomic E-state index is 0.530. The van der Waals surface area contributed by atoms with Gasteiger partial charge in [0, 0.05) is 5.56 Å². The van der Waals surface area contributed by atoms with E-state index in [1.165, 1.54) is 12.8 Å². The Morgan fingerprint density at radius 3 is 2.60 bits per heavy atom. The van der Waals surface area contributed by atoms with E-state index in [9.17, 15) is 4.79 Å². The molecular formula is C17H15BrO2. The van der Waals surface area contributed by atoms with Gasteiger partial charge in [-0.2, -0.15) is 0 Å². The van der Waals surface area contributed by atoms with Crippen molar-refractivity contribution >= 4 is 22.2 Å². The van der Waals surface area contributed by atoms with Gasteiger partial charge < -0.3 is 4.74 Å². The molecule has 0 aliphatic heterocycles. The minimum Gasteiger partial charge on any atom is -0.488 e. The Morgan fingerprint density at radius 1 is 1.20 bits per heavy atom. The van der Waals surface area contributed by atoms with Crippen molar-refractivity contribution in [1.82, 2.24) is 0 Å². The van der Waals surface area contributed by atoms with Gasteiger partial charge in [0.15, 0.2) is 0 Å². The highest BCUT2D eigenvalue weighted by molar-refractivity contribution is 9.10. The number of ether oxygens (including phenoxy) is 1. The van der Waals surface area contributed by atoms with E-state index in [4.69, 9.17) is 4.74 Å². The smallest absolute Gasteiger partial charge is 0.150 e. The number of hydrogen-bond acceptors (Lipinski definition) is 2. The molecule has 0 saturated heterocycles. The predicted molar refractivity (Wildman–Crippen MR) is 82.3 cm³/mol. The molecule has 2 aromatic rings. The number of halogens is 1. The van der Waals surface area contributed by atoms with Gasteiger partial charge in [-0.05, 0) is 57.9 Å². The predicted octanol–water partition coefficient (Wildman–Crippen LogP) is 4.72. The molecule has 1 saturated carbocycles. The van der Waals surface area contributed by atoms with Crippen LogP contribution in [-0.2, 0) is 6.61 Å². The summed E-state index contributed by atoms with van der Waals surface area (Å²) in [5.74, 6) is 1.34. The van der Waals surface area contributed by atoms with E-state index in [2.05, 4.69) is 15.9 Å². The van der Waals surface area contributed by atoms with Crippen LogP contribution in [0.2, 0.25) is 0 Å². The molecule has 3 heteroatoms. The van der Waals surface area contributed by atoms with E-state index in [1.54, 1.807) is 0 Å². The lowest BCUT2D eigenvalue weighted by molar-refractivity contribution is 0.112. The molecule has 2 nitrogen and oxygen atoms in total. The Kier molecular flexibility index (Phi) is 3.88. The SMILES string of the molecule is O=Cc1cc(Br)c(OCc2ccccc2)cc1C1CC1. The fourth-order valence-electron chi connectivity index (χ4n) is 2.28. The lowest BCUT2D eigenvalue weighted by Crippen LogP contribution is -1.99. The van der Waals surface area contributed by atoms with Gasteiger partial charge in [-0.3, -0.25) is 4.79 Å². The molecule has 102 valence electrons. The zero-order chi connectivity index (χ0) is 13.9. The number of aldehydes is 1. The molecule has 0 spiro atoms. The molecular weight excluding hydrogens is 316 g/mol. The van der Waals surface area contributed by atoms with E-state index in [0.29, 0.717) is 12.5 Å². The third-order valence-corrected chi connectivity index (χ3v) is 4.14. The Morgan fingerprint density at radius 2 is 1.95 bits per heavy atom. The van der Waals surface area contributed by atoms with Gasteiger partial charge in [0.05, 0.1) is 4.47 Å². The van der Waals surface area contributed by atoms with Crippen LogP contribution in [-0.4, -0.2) is 6.29 Å². The van der Waals surface area contributed by atoms with Crippen LogP contribution in [0, 0.1) is 0 Å². The van der Waals surface area contributed by atoms with Gasteiger partial charge in [-0.1, -0.05) is 30.3 Å². The maximum Gasteiger partial charge on any atom is 0.150 e. The topological polar surface area (TPSA) is 26.3 Å². The fourth-order valence-corrected chi connectivity index (χ4v) is 2.76. The highest BCUT2D eigenvalue weighted by atomic mass is 79.9. The van der Waals surface area contributed by atoms with Crippen molar-refractivity contribution < 1.29 is 9.53 Å². The summed E-state index contributed by atoms with van der Waals surface area (Å²) in [6, 6.07) is 13.9. The number of benzene rings is 2. The van der Waals surface area contributed by atoms with Crippen LogP contribution in [0.5, 0.6) is 5.75 Å². The summed E-state index contributed by atoms with van der Waals surface area (Å²) in [4.78, 5) is 11.1. The first-order valence-electron chi connectivity index (χ1n) is 6.73. The second-order valence-electron chi connectivity index (χ2n) is 5.08. The second kappa shape index (κ2) is 5.80. The maximum atomic E-state index is 11.1. The van der Waals surface area contributed by atoms with Gasteiger partial charge in [0.1, 0.15) is 18.6 Å². The summed E-state index contributed by atoms with van der Waals surface area (Å²) in [5.41, 5.74) is 3.02. The molecule has 0 bridgehead atoms. The van der Waals surface area contributed by atoms with Gasteiger partial charge >= 0.3 is 0 Å². The van der Waals surface area contributed by atoms with Crippen molar-refractivity contribution in [2.24, 2.45) is 0 Å². The largest absolute Gasteiger partial charge is 0.488 e. The molecule has 1 aliphatic carbocycles. The molecule has 1 aliphatic rings. The Bertz CT molecular complexity index is 618. The molecule has 0 radical (unpaired) electrons. The summed E-state index contributed by atoms with van der Waals surface area (Å²) in [6.07, 6.45) is 3.26. The van der Waals surface area contributed by atoms with Crippen molar-refractivity contribution in [2.75, 3.05) is 0 Å². The van der Waals surface area contributed by atoms with E-state index in [0.717, 1.165) is 33.2 Å². The van der Waals surface area contributed by atoms with E-state index in [1.807, 2.05) is 42.5 Å². The van der Waals surface area contributed by atoms with Crippen LogP contribution >= 0.6 is 15.9 Å². The summed E-state index contributed by atoms with van der Waals surface area (Å²) in [6.45, 7) is 0.532. The third-order valence-electron chi connectivity index (χ3n) is 3.52. The van der Waals surface area contributed by atoms with Gasteiger partial charge in [0.25, 0.3) is 0 Å². The first kappa shape index (κ1) is 13.4. The summed E-state index contributed by atoms with van der Waals surface area (Å²) in [7, 11) is 0. The lowest BCUT2D eigenvalue weighted by atomic mass is 10.0. The molecule has 0 heterocycles. The highest BCUT2D eigenvalue weighted by Crippen LogP contribution is 2.44. The van der Waals surface area contributed by atoms with E-state index in [-0.39, 0.29) is 0 Å². The van der Waals surface area contributed by atoms with Crippen LogP contribution in [0.25, 0.3) is 0 Å². The minimum absolute atomic E-state index is 0.530. The number of carbonyl (C=O) groups is 1. The quantitative estimate of drug-likeness (QED) is 0.741. The molecule has 20 heavy (non-hydrogen) atoms. The normalized spacial score (nSPS) is 14.1. The first-order valence-corrected chi connectivity index (χ1v) is 7.52. The van der Waals surface area contributed by atoms with Crippen LogP contribution in [0.4, 0.5) is 0 Å². The van der Waals surface area contributed by atoms with Gasteiger partial charge in [-0.25, -0.2) is 0 Å². The van der Waals surface area contributed by atoms with Crippen LogP contribution in [0.1, 0.15) is 40.2 Å². The average Bonchev–Trinajstić information content (AvgIpc) is 3.31. The number of carbonyl (C=O) groups excluding carboxylic acids is 1. The zero-order valence-corrected chi connectivity index (χ0v) is 12.6. The maximum absolute atomic E-state index is 11.1. The molecule has 0 atom stereocenters. The van der Waals surface area contributed by atoms with Gasteiger partial charge in [0.2, 0.25) is 0 Å².